The van der Waals surface area contributed by atoms with E-state index in [0.717, 1.165) is 0 Å². The minimum Gasteiger partial charge on any atom is -0.456 e. The molecule has 0 aromatic heterocycles. The van der Waals surface area contributed by atoms with E-state index < -0.39 is 40.6 Å². The van der Waals surface area contributed by atoms with Gasteiger partial charge in [0.25, 0.3) is 0 Å². The van der Waals surface area contributed by atoms with E-state index >= 15 is 0 Å². The second-order valence-electron chi connectivity index (χ2n) is 9.67. The number of hydrogen-bond acceptors (Lipinski definition) is 6. The maximum Gasteiger partial charge on any atom is 0.347 e. The van der Waals surface area contributed by atoms with Gasteiger partial charge in [0.15, 0.2) is 6.10 Å². The molecule has 0 aliphatic rings. The van der Waals surface area contributed by atoms with Crippen molar-refractivity contribution in [2.45, 2.75) is 99.1 Å². The lowest BCUT2D eigenvalue weighted by atomic mass is 9.77. The van der Waals surface area contributed by atoms with Crippen molar-refractivity contribution in [2.75, 3.05) is 6.61 Å². The van der Waals surface area contributed by atoms with Crippen LogP contribution in [-0.2, 0) is 23.8 Å². The fourth-order valence-electron chi connectivity index (χ4n) is 1.66. The lowest BCUT2D eigenvalue weighted by Gasteiger charge is -2.42. The summed E-state index contributed by atoms with van der Waals surface area (Å²) in [6.07, 6.45) is -1.06. The Labute approximate surface area is 158 Å². The van der Waals surface area contributed by atoms with Crippen LogP contribution < -0.4 is 0 Å². The summed E-state index contributed by atoms with van der Waals surface area (Å²) in [6.45, 7) is 19.9. The molecule has 1 N–H and O–H groups in total. The van der Waals surface area contributed by atoms with Gasteiger partial charge in [0.1, 0.15) is 5.60 Å². The molecular weight excluding hydrogens is 336 g/mol. The molecule has 0 heterocycles. The molecule has 6 heteroatoms. The second-order valence-corrected chi connectivity index (χ2v) is 9.67. The highest BCUT2D eigenvalue weighted by atomic mass is 16.6. The minimum absolute atomic E-state index is 0.298. The number of carbonyl (C=O) groups is 2. The Morgan fingerprint density at radius 3 is 1.73 bits per heavy atom. The first-order valence-corrected chi connectivity index (χ1v) is 9.10. The van der Waals surface area contributed by atoms with E-state index in [9.17, 15) is 14.7 Å². The monoisotopic (exact) mass is 374 g/mol. The summed E-state index contributed by atoms with van der Waals surface area (Å²) in [4.78, 5) is 24.5. The Morgan fingerprint density at radius 1 is 0.885 bits per heavy atom. The van der Waals surface area contributed by atoms with Crippen molar-refractivity contribution in [3.05, 3.63) is 0 Å². The Kier molecular flexibility index (Phi) is 7.89. The van der Waals surface area contributed by atoms with Crippen LogP contribution in [0.4, 0.5) is 0 Å². The highest BCUT2D eigenvalue weighted by molar-refractivity contribution is 5.80. The summed E-state index contributed by atoms with van der Waals surface area (Å²) in [5.41, 5.74) is -2.82. The van der Waals surface area contributed by atoms with E-state index in [1.165, 1.54) is 20.8 Å². The number of esters is 2. The first-order chi connectivity index (χ1) is 11.3. The Morgan fingerprint density at radius 2 is 1.35 bits per heavy atom. The molecule has 0 spiro atoms. The minimum atomic E-state index is -1.23. The third-order valence-electron chi connectivity index (χ3n) is 4.89. The number of hydrogen-bond donors (Lipinski definition) is 1. The van der Waals surface area contributed by atoms with Crippen LogP contribution in [0.3, 0.4) is 0 Å². The molecule has 2 atom stereocenters. The molecule has 0 fully saturated rings. The van der Waals surface area contributed by atoms with E-state index in [1.807, 2.05) is 48.5 Å². The molecule has 2 unspecified atom stereocenters. The molecule has 0 aromatic rings. The van der Waals surface area contributed by atoms with Crippen molar-refractivity contribution in [1.82, 2.24) is 0 Å². The predicted octanol–water partition coefficient (Wildman–Crippen LogP) is 3.49. The smallest absolute Gasteiger partial charge is 0.347 e. The fourth-order valence-corrected chi connectivity index (χ4v) is 1.66. The van der Waals surface area contributed by atoms with E-state index in [4.69, 9.17) is 14.2 Å². The van der Waals surface area contributed by atoms with Crippen LogP contribution >= 0.6 is 0 Å². The standard InChI is InChI=1S/C20H38O6/c1-13(19(8,9)23)15(21)25-14(2)16(22)26-20(10,11)18(6,7)12-24-17(3,4)5/h13-14,23H,12H2,1-11H3. The zero-order chi connectivity index (χ0) is 21.1. The molecule has 6 nitrogen and oxygen atoms in total. The highest BCUT2D eigenvalue weighted by Crippen LogP contribution is 2.35. The molecule has 154 valence electrons. The van der Waals surface area contributed by atoms with Crippen molar-refractivity contribution >= 4 is 11.9 Å². The van der Waals surface area contributed by atoms with Crippen molar-refractivity contribution in [3.63, 3.8) is 0 Å². The summed E-state index contributed by atoms with van der Waals surface area (Å²) >= 11 is 0. The molecule has 0 saturated heterocycles. The van der Waals surface area contributed by atoms with E-state index in [-0.39, 0.29) is 5.60 Å². The van der Waals surface area contributed by atoms with Crippen LogP contribution in [0.25, 0.3) is 0 Å². The van der Waals surface area contributed by atoms with Gasteiger partial charge in [-0.15, -0.1) is 0 Å². The Hall–Kier alpha value is -1.14. The Balaban J connectivity index is 4.93. The van der Waals surface area contributed by atoms with Crippen molar-refractivity contribution in [3.8, 4) is 0 Å². The molecule has 0 radical (unpaired) electrons. The zero-order valence-electron chi connectivity index (χ0n) is 18.4. The maximum atomic E-state index is 12.4. The summed E-state index contributed by atoms with van der Waals surface area (Å²) in [5.74, 6) is -2.03. The van der Waals surface area contributed by atoms with Crippen molar-refractivity contribution in [2.24, 2.45) is 11.3 Å². The summed E-state index contributed by atoms with van der Waals surface area (Å²) in [5, 5.41) is 9.90. The summed E-state index contributed by atoms with van der Waals surface area (Å²) in [7, 11) is 0. The average Bonchev–Trinajstić information content (AvgIpc) is 2.41. The highest BCUT2D eigenvalue weighted by Gasteiger charge is 2.43. The average molecular weight is 375 g/mol. The van der Waals surface area contributed by atoms with Crippen LogP contribution in [0.1, 0.15) is 76.2 Å². The molecule has 0 aromatic carbocycles. The second kappa shape index (κ2) is 8.26. The molecule has 0 bridgehead atoms. The number of ether oxygens (including phenoxy) is 3. The van der Waals surface area contributed by atoms with Crippen molar-refractivity contribution < 1.29 is 28.9 Å². The van der Waals surface area contributed by atoms with Crippen LogP contribution in [-0.4, -0.2) is 46.6 Å². The first-order valence-electron chi connectivity index (χ1n) is 9.10. The number of aliphatic hydroxyl groups is 1. The molecular formula is C20H38O6. The van der Waals surface area contributed by atoms with Gasteiger partial charge in [-0.25, -0.2) is 4.79 Å². The quantitative estimate of drug-likeness (QED) is 0.655. The molecule has 26 heavy (non-hydrogen) atoms. The third-order valence-corrected chi connectivity index (χ3v) is 4.89. The van der Waals surface area contributed by atoms with Gasteiger partial charge < -0.3 is 19.3 Å². The van der Waals surface area contributed by atoms with Crippen LogP contribution in [0.15, 0.2) is 0 Å². The van der Waals surface area contributed by atoms with Gasteiger partial charge in [0, 0.05) is 5.41 Å². The molecule has 0 rings (SSSR count). The van der Waals surface area contributed by atoms with Gasteiger partial charge in [-0.2, -0.15) is 0 Å². The molecule has 0 saturated carbocycles. The molecule has 0 aliphatic carbocycles. The van der Waals surface area contributed by atoms with E-state index in [1.54, 1.807) is 6.92 Å². The fraction of sp³-hybridized carbons (Fsp3) is 0.900. The van der Waals surface area contributed by atoms with Gasteiger partial charge in [0.05, 0.1) is 23.7 Å². The van der Waals surface area contributed by atoms with Gasteiger partial charge in [-0.1, -0.05) is 13.8 Å². The summed E-state index contributed by atoms with van der Waals surface area (Å²) in [6, 6.07) is 0. The van der Waals surface area contributed by atoms with Gasteiger partial charge in [-0.3, -0.25) is 4.79 Å². The SMILES string of the molecule is CC(OC(=O)C(C)C(C)(C)O)C(=O)OC(C)(C)C(C)(C)COC(C)(C)C. The largest absolute Gasteiger partial charge is 0.456 e. The van der Waals surface area contributed by atoms with Gasteiger partial charge in [0.2, 0.25) is 0 Å². The van der Waals surface area contributed by atoms with Crippen LogP contribution in [0, 0.1) is 11.3 Å². The zero-order valence-corrected chi connectivity index (χ0v) is 18.4. The number of carbonyl (C=O) groups excluding carboxylic acids is 2. The van der Waals surface area contributed by atoms with Crippen LogP contribution in [0.2, 0.25) is 0 Å². The maximum absolute atomic E-state index is 12.4. The van der Waals surface area contributed by atoms with Crippen molar-refractivity contribution in [1.29, 1.82) is 0 Å². The Bertz CT molecular complexity index is 493. The lowest BCUT2D eigenvalue weighted by molar-refractivity contribution is -0.193. The lowest BCUT2D eigenvalue weighted by Crippen LogP contribution is -2.49. The normalized spacial score (nSPS) is 16.0. The third kappa shape index (κ3) is 7.62. The predicted molar refractivity (Wildman–Crippen MR) is 101 cm³/mol. The van der Waals surface area contributed by atoms with E-state index in [2.05, 4.69) is 0 Å². The summed E-state index contributed by atoms with van der Waals surface area (Å²) < 4.78 is 16.7. The van der Waals surface area contributed by atoms with Crippen LogP contribution in [0.5, 0.6) is 0 Å². The topological polar surface area (TPSA) is 82.1 Å². The van der Waals surface area contributed by atoms with Gasteiger partial charge >= 0.3 is 11.9 Å². The first kappa shape index (κ1) is 24.9. The van der Waals surface area contributed by atoms with E-state index in [0.29, 0.717) is 6.61 Å². The molecule has 0 amide bonds. The van der Waals surface area contributed by atoms with Gasteiger partial charge in [-0.05, 0) is 62.3 Å². The molecule has 0 aliphatic heterocycles. The number of rotatable bonds is 8.